The third-order valence-corrected chi connectivity index (χ3v) is 5.21. The second kappa shape index (κ2) is 6.57. The van der Waals surface area contributed by atoms with Crippen LogP contribution in [0.3, 0.4) is 0 Å². The van der Waals surface area contributed by atoms with Gasteiger partial charge in [0.15, 0.2) is 0 Å². The standard InChI is InChI=1S/C17H19FN2OS/c1-12-15(11-16(21)20-9-3-2-4-10-20)22-17(19-12)13-5-7-14(18)8-6-13/h5-8H,2-4,9-11H2,1H3. The smallest absolute Gasteiger partial charge is 0.227 e. The van der Waals surface area contributed by atoms with Crippen molar-refractivity contribution in [3.05, 3.63) is 40.7 Å². The predicted molar refractivity (Wildman–Crippen MR) is 86.4 cm³/mol. The molecule has 3 nitrogen and oxygen atoms in total. The monoisotopic (exact) mass is 318 g/mol. The maximum absolute atomic E-state index is 13.0. The van der Waals surface area contributed by atoms with E-state index in [9.17, 15) is 9.18 Å². The summed E-state index contributed by atoms with van der Waals surface area (Å²) >= 11 is 1.53. The number of hydrogen-bond acceptors (Lipinski definition) is 3. The summed E-state index contributed by atoms with van der Waals surface area (Å²) in [5.74, 6) is -0.0605. The zero-order valence-electron chi connectivity index (χ0n) is 12.6. The molecule has 0 N–H and O–H groups in total. The number of halogens is 1. The lowest BCUT2D eigenvalue weighted by molar-refractivity contribution is -0.131. The minimum Gasteiger partial charge on any atom is -0.342 e. The van der Waals surface area contributed by atoms with Crippen LogP contribution in [0, 0.1) is 12.7 Å². The Labute approximate surface area is 133 Å². The number of benzene rings is 1. The van der Waals surface area contributed by atoms with E-state index in [0.29, 0.717) is 6.42 Å². The maximum atomic E-state index is 13.0. The Kier molecular flexibility index (Phi) is 4.52. The fourth-order valence-corrected chi connectivity index (χ4v) is 3.76. The van der Waals surface area contributed by atoms with Gasteiger partial charge in [0, 0.05) is 23.5 Å². The molecular formula is C17H19FN2OS. The largest absolute Gasteiger partial charge is 0.342 e. The lowest BCUT2D eigenvalue weighted by atomic mass is 10.1. The van der Waals surface area contributed by atoms with Crippen LogP contribution in [0.2, 0.25) is 0 Å². The lowest BCUT2D eigenvalue weighted by Crippen LogP contribution is -2.36. The summed E-state index contributed by atoms with van der Waals surface area (Å²) in [6.45, 7) is 3.69. The van der Waals surface area contributed by atoms with Gasteiger partial charge >= 0.3 is 0 Å². The van der Waals surface area contributed by atoms with Crippen molar-refractivity contribution in [2.45, 2.75) is 32.6 Å². The molecule has 22 heavy (non-hydrogen) atoms. The molecule has 0 aliphatic carbocycles. The van der Waals surface area contributed by atoms with Gasteiger partial charge in [-0.25, -0.2) is 9.37 Å². The third kappa shape index (κ3) is 3.35. The topological polar surface area (TPSA) is 33.2 Å². The molecule has 0 radical (unpaired) electrons. The first kappa shape index (κ1) is 15.2. The van der Waals surface area contributed by atoms with Gasteiger partial charge < -0.3 is 4.90 Å². The van der Waals surface area contributed by atoms with E-state index in [4.69, 9.17) is 0 Å². The van der Waals surface area contributed by atoms with Gasteiger partial charge in [0.1, 0.15) is 10.8 Å². The molecule has 1 fully saturated rings. The second-order valence-electron chi connectivity index (χ2n) is 5.65. The van der Waals surface area contributed by atoms with E-state index in [1.165, 1.54) is 29.9 Å². The molecule has 1 amide bonds. The van der Waals surface area contributed by atoms with Gasteiger partial charge in [-0.15, -0.1) is 11.3 Å². The highest BCUT2D eigenvalue weighted by molar-refractivity contribution is 7.15. The lowest BCUT2D eigenvalue weighted by Gasteiger charge is -2.26. The van der Waals surface area contributed by atoms with Crippen molar-refractivity contribution in [1.29, 1.82) is 0 Å². The molecule has 1 aromatic carbocycles. The summed E-state index contributed by atoms with van der Waals surface area (Å²) in [6, 6.07) is 6.32. The van der Waals surface area contributed by atoms with Crippen LogP contribution in [0.25, 0.3) is 10.6 Å². The van der Waals surface area contributed by atoms with Gasteiger partial charge in [0.05, 0.1) is 12.1 Å². The first-order valence-electron chi connectivity index (χ1n) is 7.63. The molecule has 3 rings (SSSR count). The van der Waals surface area contributed by atoms with E-state index in [1.54, 1.807) is 12.1 Å². The number of carbonyl (C=O) groups excluding carboxylic acids is 1. The molecule has 0 saturated carbocycles. The minimum absolute atomic E-state index is 0.192. The predicted octanol–water partition coefficient (Wildman–Crippen LogP) is 3.81. The first-order valence-corrected chi connectivity index (χ1v) is 8.45. The fourth-order valence-electron chi connectivity index (χ4n) is 2.70. The first-order chi connectivity index (χ1) is 10.6. The molecule has 0 atom stereocenters. The number of amides is 1. The number of likely N-dealkylation sites (tertiary alicyclic amines) is 1. The Bertz CT molecular complexity index is 660. The fraction of sp³-hybridized carbons (Fsp3) is 0.412. The Hall–Kier alpha value is -1.75. The average Bonchev–Trinajstić information content (AvgIpc) is 2.90. The van der Waals surface area contributed by atoms with Crippen molar-refractivity contribution in [3.63, 3.8) is 0 Å². The zero-order chi connectivity index (χ0) is 15.5. The van der Waals surface area contributed by atoms with Gasteiger partial charge in [-0.2, -0.15) is 0 Å². The zero-order valence-corrected chi connectivity index (χ0v) is 13.5. The molecule has 2 heterocycles. The van der Waals surface area contributed by atoms with Crippen molar-refractivity contribution < 1.29 is 9.18 Å². The average molecular weight is 318 g/mol. The molecule has 1 aromatic heterocycles. The second-order valence-corrected chi connectivity index (χ2v) is 6.74. The normalized spacial score (nSPS) is 15.1. The van der Waals surface area contributed by atoms with Gasteiger partial charge in [-0.3, -0.25) is 4.79 Å². The van der Waals surface area contributed by atoms with Crippen LogP contribution < -0.4 is 0 Å². The van der Waals surface area contributed by atoms with Gasteiger partial charge in [0.25, 0.3) is 0 Å². The summed E-state index contributed by atoms with van der Waals surface area (Å²) in [4.78, 5) is 19.9. The van der Waals surface area contributed by atoms with Crippen molar-refractivity contribution in [3.8, 4) is 10.6 Å². The van der Waals surface area contributed by atoms with Crippen molar-refractivity contribution >= 4 is 17.2 Å². The van der Waals surface area contributed by atoms with Crippen LogP contribution in [0.4, 0.5) is 4.39 Å². The molecule has 5 heteroatoms. The van der Waals surface area contributed by atoms with Crippen LogP contribution >= 0.6 is 11.3 Å². The Morgan fingerprint density at radius 3 is 2.59 bits per heavy atom. The molecule has 116 valence electrons. The third-order valence-electron chi connectivity index (χ3n) is 4.00. The molecule has 1 saturated heterocycles. The highest BCUT2D eigenvalue weighted by Gasteiger charge is 2.19. The van der Waals surface area contributed by atoms with Crippen molar-refractivity contribution in [2.75, 3.05) is 13.1 Å². The van der Waals surface area contributed by atoms with Crippen LogP contribution in [-0.2, 0) is 11.2 Å². The van der Waals surface area contributed by atoms with E-state index in [-0.39, 0.29) is 11.7 Å². The summed E-state index contributed by atoms with van der Waals surface area (Å²) in [7, 11) is 0. The number of hydrogen-bond donors (Lipinski definition) is 0. The summed E-state index contributed by atoms with van der Waals surface area (Å²) in [6.07, 6.45) is 3.85. The van der Waals surface area contributed by atoms with E-state index < -0.39 is 0 Å². The van der Waals surface area contributed by atoms with Gasteiger partial charge in [-0.05, 0) is 50.5 Å². The quantitative estimate of drug-likeness (QED) is 0.862. The highest BCUT2D eigenvalue weighted by atomic mass is 32.1. The van der Waals surface area contributed by atoms with Crippen molar-refractivity contribution in [1.82, 2.24) is 9.88 Å². The highest BCUT2D eigenvalue weighted by Crippen LogP contribution is 2.28. The molecule has 0 bridgehead atoms. The van der Waals surface area contributed by atoms with Crippen LogP contribution in [-0.4, -0.2) is 28.9 Å². The molecule has 1 aliphatic heterocycles. The van der Waals surface area contributed by atoms with Gasteiger partial charge in [-0.1, -0.05) is 0 Å². The summed E-state index contributed by atoms with van der Waals surface area (Å²) in [5.41, 5.74) is 1.79. The number of nitrogens with zero attached hydrogens (tertiary/aromatic N) is 2. The Morgan fingerprint density at radius 2 is 1.91 bits per heavy atom. The summed E-state index contributed by atoms with van der Waals surface area (Å²) < 4.78 is 13.0. The number of carbonyl (C=O) groups is 1. The van der Waals surface area contributed by atoms with Crippen LogP contribution in [0.15, 0.2) is 24.3 Å². The molecule has 2 aromatic rings. The summed E-state index contributed by atoms with van der Waals surface area (Å²) in [5, 5.41) is 0.846. The van der Waals surface area contributed by atoms with E-state index in [0.717, 1.165) is 47.1 Å². The number of thiazole rings is 1. The molecular weight excluding hydrogens is 299 g/mol. The number of piperidine rings is 1. The number of aromatic nitrogens is 1. The van der Waals surface area contributed by atoms with Crippen LogP contribution in [0.5, 0.6) is 0 Å². The minimum atomic E-state index is -0.252. The molecule has 1 aliphatic rings. The molecule has 0 spiro atoms. The SMILES string of the molecule is Cc1nc(-c2ccc(F)cc2)sc1CC(=O)N1CCCCC1. The van der Waals surface area contributed by atoms with Crippen molar-refractivity contribution in [2.24, 2.45) is 0 Å². The molecule has 0 unspecified atom stereocenters. The Morgan fingerprint density at radius 1 is 1.23 bits per heavy atom. The number of rotatable bonds is 3. The maximum Gasteiger partial charge on any atom is 0.227 e. The van der Waals surface area contributed by atoms with Gasteiger partial charge in [0.2, 0.25) is 5.91 Å². The van der Waals surface area contributed by atoms with Crippen LogP contribution in [0.1, 0.15) is 29.8 Å². The number of aryl methyl sites for hydroxylation is 1. The van der Waals surface area contributed by atoms with E-state index in [1.807, 2.05) is 11.8 Å². The Balaban J connectivity index is 1.74. The van der Waals surface area contributed by atoms with E-state index in [2.05, 4.69) is 4.98 Å². The van der Waals surface area contributed by atoms with E-state index >= 15 is 0 Å².